The lowest BCUT2D eigenvalue weighted by Gasteiger charge is -2.35. The Morgan fingerprint density at radius 2 is 1.91 bits per heavy atom. The molecule has 2 fully saturated rings. The Hall–Kier alpha value is -2.77. The number of likely N-dealkylation sites (tertiary alicyclic amines) is 1. The second-order valence-electron chi connectivity index (χ2n) is 9.37. The van der Waals surface area contributed by atoms with E-state index < -0.39 is 0 Å². The molecule has 0 bridgehead atoms. The van der Waals surface area contributed by atoms with Crippen molar-refractivity contribution in [3.8, 4) is 11.3 Å². The zero-order valence-corrected chi connectivity index (χ0v) is 20.4. The van der Waals surface area contributed by atoms with Crippen LogP contribution in [0.15, 0.2) is 42.9 Å². The van der Waals surface area contributed by atoms with Crippen molar-refractivity contribution in [2.75, 3.05) is 51.2 Å². The van der Waals surface area contributed by atoms with E-state index in [1.807, 2.05) is 48.6 Å². The molecule has 34 heavy (non-hydrogen) atoms. The van der Waals surface area contributed by atoms with Crippen LogP contribution in [0.2, 0.25) is 5.15 Å². The van der Waals surface area contributed by atoms with Crippen molar-refractivity contribution in [1.82, 2.24) is 24.8 Å². The summed E-state index contributed by atoms with van der Waals surface area (Å²) in [6.45, 7) is 5.75. The molecule has 0 saturated carbocycles. The van der Waals surface area contributed by atoms with E-state index in [0.717, 1.165) is 66.9 Å². The zero-order valence-electron chi connectivity index (χ0n) is 19.7. The van der Waals surface area contributed by atoms with Gasteiger partial charge in [0.1, 0.15) is 11.0 Å². The molecule has 2 aliphatic heterocycles. The van der Waals surface area contributed by atoms with Gasteiger partial charge in [-0.1, -0.05) is 11.6 Å². The van der Waals surface area contributed by atoms with Gasteiger partial charge in [-0.15, -0.1) is 0 Å². The third kappa shape index (κ3) is 5.00. The quantitative estimate of drug-likeness (QED) is 0.496. The molecule has 2 saturated heterocycles. The van der Waals surface area contributed by atoms with Crippen molar-refractivity contribution in [3.05, 3.63) is 48.0 Å². The number of likely N-dealkylation sites (N-methyl/N-ethyl adjacent to an activating group) is 1. The molecule has 0 spiro atoms. The summed E-state index contributed by atoms with van der Waals surface area (Å²) in [5.74, 6) is 1.30. The van der Waals surface area contributed by atoms with Crippen LogP contribution in [0.5, 0.6) is 0 Å². The highest BCUT2D eigenvalue weighted by Crippen LogP contribution is 2.32. The molecule has 178 valence electrons. The Kier molecular flexibility index (Phi) is 6.92. The van der Waals surface area contributed by atoms with Crippen LogP contribution in [0.25, 0.3) is 22.0 Å². The maximum absolute atomic E-state index is 13.1. The fourth-order valence-electron chi connectivity index (χ4n) is 5.09. The highest BCUT2D eigenvalue weighted by atomic mass is 35.5. The smallest absolute Gasteiger partial charge is 0.225 e. The van der Waals surface area contributed by atoms with Crippen LogP contribution < -0.4 is 4.90 Å². The highest BCUT2D eigenvalue weighted by Gasteiger charge is 2.29. The molecule has 0 unspecified atom stereocenters. The summed E-state index contributed by atoms with van der Waals surface area (Å²) in [6.07, 6.45) is 9.62. The molecule has 0 aromatic carbocycles. The van der Waals surface area contributed by atoms with E-state index in [1.54, 1.807) is 6.20 Å². The Balaban J connectivity index is 1.30. The molecule has 7 nitrogen and oxygen atoms in total. The molecule has 0 atom stereocenters. The summed E-state index contributed by atoms with van der Waals surface area (Å²) in [7, 11) is 1.95. The highest BCUT2D eigenvalue weighted by molar-refractivity contribution is 6.29. The van der Waals surface area contributed by atoms with Crippen LogP contribution in [-0.2, 0) is 4.79 Å². The first-order valence-corrected chi connectivity index (χ1v) is 12.6. The first-order chi connectivity index (χ1) is 16.6. The third-order valence-corrected chi connectivity index (χ3v) is 7.31. The van der Waals surface area contributed by atoms with Crippen LogP contribution in [0.4, 0.5) is 5.82 Å². The maximum Gasteiger partial charge on any atom is 0.225 e. The van der Waals surface area contributed by atoms with Crippen molar-refractivity contribution < 1.29 is 4.79 Å². The number of hydrogen-bond donors (Lipinski definition) is 0. The van der Waals surface area contributed by atoms with E-state index in [1.165, 1.54) is 25.9 Å². The molecule has 1 amide bonds. The Morgan fingerprint density at radius 3 is 2.68 bits per heavy atom. The fourth-order valence-corrected chi connectivity index (χ4v) is 5.26. The average Bonchev–Trinajstić information content (AvgIpc) is 3.40. The second kappa shape index (κ2) is 10.2. The lowest BCUT2D eigenvalue weighted by atomic mass is 9.95. The summed E-state index contributed by atoms with van der Waals surface area (Å²) < 4.78 is 0. The Labute approximate surface area is 205 Å². The summed E-state index contributed by atoms with van der Waals surface area (Å²) in [6, 6.07) is 7.81. The Morgan fingerprint density at radius 1 is 1.12 bits per heavy atom. The number of amides is 1. The third-order valence-electron chi connectivity index (χ3n) is 7.10. The van der Waals surface area contributed by atoms with E-state index in [4.69, 9.17) is 16.6 Å². The van der Waals surface area contributed by atoms with Gasteiger partial charge in [0.2, 0.25) is 5.91 Å². The molecule has 2 aliphatic rings. The fraction of sp³-hybridized carbons (Fsp3) is 0.462. The van der Waals surface area contributed by atoms with Crippen LogP contribution in [-0.4, -0.2) is 77.0 Å². The summed E-state index contributed by atoms with van der Waals surface area (Å²) in [5, 5.41) is 2.56. The van der Waals surface area contributed by atoms with E-state index in [-0.39, 0.29) is 11.8 Å². The predicted molar refractivity (Wildman–Crippen MR) is 136 cm³/mol. The van der Waals surface area contributed by atoms with Gasteiger partial charge < -0.3 is 14.7 Å². The monoisotopic (exact) mass is 478 g/mol. The van der Waals surface area contributed by atoms with Gasteiger partial charge in [-0.25, -0.2) is 9.97 Å². The van der Waals surface area contributed by atoms with E-state index in [9.17, 15) is 4.79 Å². The topological polar surface area (TPSA) is 65.5 Å². The van der Waals surface area contributed by atoms with E-state index >= 15 is 0 Å². The average molecular weight is 479 g/mol. The molecule has 3 aromatic rings. The first-order valence-electron chi connectivity index (χ1n) is 12.2. The van der Waals surface area contributed by atoms with Crippen molar-refractivity contribution >= 4 is 34.1 Å². The van der Waals surface area contributed by atoms with Crippen LogP contribution >= 0.6 is 11.6 Å². The SMILES string of the molecule is CN(CCN1CCCC1)C(=O)C1CCN(c2nc(-c3ccnc(Cl)c3)cc3cnccc23)CC1. The number of rotatable bonds is 6. The normalized spacial score (nSPS) is 17.4. The predicted octanol–water partition coefficient (Wildman–Crippen LogP) is 4.12. The van der Waals surface area contributed by atoms with Gasteiger partial charge in [0.05, 0.1) is 5.69 Å². The van der Waals surface area contributed by atoms with Gasteiger partial charge in [-0.05, 0) is 63.0 Å². The van der Waals surface area contributed by atoms with Crippen molar-refractivity contribution in [1.29, 1.82) is 0 Å². The molecule has 8 heteroatoms. The first kappa shape index (κ1) is 23.0. The summed E-state index contributed by atoms with van der Waals surface area (Å²) in [5.41, 5.74) is 1.77. The standard InChI is InChI=1S/C26H31ClN6O/c1-31(14-15-32-10-2-3-11-32)26(34)19-6-12-33(13-7-19)25-22-5-8-28-18-21(22)16-23(30-25)20-4-9-29-24(27)17-20/h4-5,8-9,16-19H,2-3,6-7,10-15H2,1H3. The molecule has 0 N–H and O–H groups in total. The van der Waals surface area contributed by atoms with Crippen molar-refractivity contribution in [2.24, 2.45) is 5.92 Å². The number of anilines is 1. The number of aromatic nitrogens is 3. The zero-order chi connectivity index (χ0) is 23.5. The molecule has 5 rings (SSSR count). The second-order valence-corrected chi connectivity index (χ2v) is 9.75. The molecule has 0 aliphatic carbocycles. The van der Waals surface area contributed by atoms with Gasteiger partial charge in [-0.2, -0.15) is 0 Å². The number of carbonyl (C=O) groups is 1. The molecule has 3 aromatic heterocycles. The van der Waals surface area contributed by atoms with E-state index in [0.29, 0.717) is 5.15 Å². The van der Waals surface area contributed by atoms with Gasteiger partial charge in [0.25, 0.3) is 0 Å². The van der Waals surface area contributed by atoms with Gasteiger partial charge in [-0.3, -0.25) is 9.78 Å². The minimum atomic E-state index is 0.0787. The largest absolute Gasteiger partial charge is 0.356 e. The summed E-state index contributed by atoms with van der Waals surface area (Å²) in [4.78, 5) is 33.2. The molecule has 5 heterocycles. The minimum Gasteiger partial charge on any atom is -0.356 e. The number of halogens is 1. The lowest BCUT2D eigenvalue weighted by Crippen LogP contribution is -2.43. The Bertz CT molecular complexity index is 1160. The number of piperidine rings is 1. The number of hydrogen-bond acceptors (Lipinski definition) is 6. The number of carbonyl (C=O) groups excluding carboxylic acids is 1. The molecular weight excluding hydrogens is 448 g/mol. The summed E-state index contributed by atoms with van der Waals surface area (Å²) >= 11 is 6.13. The maximum atomic E-state index is 13.1. The number of nitrogens with zero attached hydrogens (tertiary/aromatic N) is 6. The van der Waals surface area contributed by atoms with Gasteiger partial charge in [0, 0.05) is 74.1 Å². The number of pyridine rings is 3. The van der Waals surface area contributed by atoms with Gasteiger partial charge >= 0.3 is 0 Å². The van der Waals surface area contributed by atoms with Gasteiger partial charge in [0.15, 0.2) is 0 Å². The molecular formula is C26H31ClN6O. The lowest BCUT2D eigenvalue weighted by molar-refractivity contribution is -0.135. The molecule has 0 radical (unpaired) electrons. The van der Waals surface area contributed by atoms with Crippen molar-refractivity contribution in [2.45, 2.75) is 25.7 Å². The minimum absolute atomic E-state index is 0.0787. The van der Waals surface area contributed by atoms with Crippen LogP contribution in [0.3, 0.4) is 0 Å². The van der Waals surface area contributed by atoms with E-state index in [2.05, 4.69) is 19.8 Å². The van der Waals surface area contributed by atoms with Crippen LogP contribution in [0, 0.1) is 5.92 Å². The van der Waals surface area contributed by atoms with Crippen LogP contribution in [0.1, 0.15) is 25.7 Å². The van der Waals surface area contributed by atoms with Crippen molar-refractivity contribution in [3.63, 3.8) is 0 Å². The number of fused-ring (bicyclic) bond motifs is 1.